The molecule has 0 spiro atoms. The first-order valence-corrected chi connectivity index (χ1v) is 8.04. The zero-order valence-electron chi connectivity index (χ0n) is 12.9. The molecule has 0 saturated heterocycles. The Morgan fingerprint density at radius 2 is 2.00 bits per heavy atom. The van der Waals surface area contributed by atoms with Crippen LogP contribution in [0.1, 0.15) is 14.7 Å². The summed E-state index contributed by atoms with van der Waals surface area (Å²) in [6, 6.07) is 9.79. The molecule has 5 nitrogen and oxygen atoms in total. The molecule has 0 unspecified atom stereocenters. The van der Waals surface area contributed by atoms with Crippen molar-refractivity contribution in [3.8, 4) is 11.3 Å². The van der Waals surface area contributed by atoms with Crippen molar-refractivity contribution in [1.82, 2.24) is 15.6 Å². The topological polar surface area (TPSA) is 63.2 Å². The van der Waals surface area contributed by atoms with Crippen LogP contribution >= 0.6 is 11.3 Å². The van der Waals surface area contributed by atoms with Crippen molar-refractivity contribution in [2.75, 3.05) is 33.4 Å². The van der Waals surface area contributed by atoms with Gasteiger partial charge in [0, 0.05) is 32.3 Å². The molecule has 1 aromatic carbocycles. The number of ether oxygens (including phenoxy) is 1. The Bertz CT molecular complexity index is 599. The minimum absolute atomic E-state index is 0.0713. The van der Waals surface area contributed by atoms with Crippen LogP contribution < -0.4 is 10.6 Å². The SMILES string of the molecule is COCCNCCNC(=O)c1sc(C)nc1-c1ccccc1. The van der Waals surface area contributed by atoms with E-state index < -0.39 is 0 Å². The van der Waals surface area contributed by atoms with Gasteiger partial charge in [0.25, 0.3) is 5.91 Å². The van der Waals surface area contributed by atoms with Crippen LogP contribution in [0.4, 0.5) is 0 Å². The molecule has 1 amide bonds. The third-order valence-corrected chi connectivity index (χ3v) is 4.03. The normalized spacial score (nSPS) is 10.6. The molecular formula is C16H21N3O2S. The summed E-state index contributed by atoms with van der Waals surface area (Å²) in [7, 11) is 1.67. The summed E-state index contributed by atoms with van der Waals surface area (Å²) >= 11 is 1.43. The first kappa shape index (κ1) is 16.6. The smallest absolute Gasteiger partial charge is 0.263 e. The number of benzene rings is 1. The first-order valence-electron chi connectivity index (χ1n) is 7.23. The molecule has 6 heteroatoms. The van der Waals surface area contributed by atoms with Crippen LogP contribution in [0, 0.1) is 6.92 Å². The standard InChI is InChI=1S/C16H21N3O2S/c1-12-19-14(13-6-4-3-5-7-13)15(22-12)16(20)18-9-8-17-10-11-21-2/h3-7,17H,8-11H2,1-2H3,(H,18,20). The Morgan fingerprint density at radius 1 is 1.23 bits per heavy atom. The van der Waals surface area contributed by atoms with Crippen LogP contribution in [0.25, 0.3) is 11.3 Å². The highest BCUT2D eigenvalue weighted by Crippen LogP contribution is 2.27. The molecular weight excluding hydrogens is 298 g/mol. The number of aromatic nitrogens is 1. The van der Waals surface area contributed by atoms with Gasteiger partial charge in [-0.05, 0) is 6.92 Å². The molecule has 1 aromatic heterocycles. The zero-order chi connectivity index (χ0) is 15.8. The van der Waals surface area contributed by atoms with Crippen LogP contribution in [0.15, 0.2) is 30.3 Å². The molecule has 0 atom stereocenters. The van der Waals surface area contributed by atoms with Crippen LogP contribution in [0.2, 0.25) is 0 Å². The summed E-state index contributed by atoms with van der Waals surface area (Å²) in [4.78, 5) is 17.5. The molecule has 2 rings (SSSR count). The van der Waals surface area contributed by atoms with E-state index in [1.165, 1.54) is 11.3 Å². The van der Waals surface area contributed by atoms with Crippen molar-refractivity contribution in [2.24, 2.45) is 0 Å². The second-order valence-electron chi connectivity index (χ2n) is 4.78. The number of nitrogens with zero attached hydrogens (tertiary/aromatic N) is 1. The molecule has 0 saturated carbocycles. The van der Waals surface area contributed by atoms with E-state index in [0.717, 1.165) is 22.8 Å². The lowest BCUT2D eigenvalue weighted by Crippen LogP contribution is -2.32. The fraction of sp³-hybridized carbons (Fsp3) is 0.375. The molecule has 0 aliphatic heterocycles. The molecule has 0 aliphatic carbocycles. The highest BCUT2D eigenvalue weighted by atomic mass is 32.1. The molecule has 0 aliphatic rings. The van der Waals surface area contributed by atoms with E-state index in [4.69, 9.17) is 4.74 Å². The lowest BCUT2D eigenvalue weighted by atomic mass is 10.1. The number of aryl methyl sites for hydroxylation is 1. The van der Waals surface area contributed by atoms with Crippen molar-refractivity contribution in [3.05, 3.63) is 40.2 Å². The summed E-state index contributed by atoms with van der Waals surface area (Å²) < 4.78 is 4.95. The Morgan fingerprint density at radius 3 is 2.73 bits per heavy atom. The molecule has 0 radical (unpaired) electrons. The monoisotopic (exact) mass is 319 g/mol. The maximum Gasteiger partial charge on any atom is 0.263 e. The zero-order valence-corrected chi connectivity index (χ0v) is 13.7. The molecule has 2 aromatic rings. The minimum Gasteiger partial charge on any atom is -0.383 e. The maximum atomic E-state index is 12.3. The molecule has 22 heavy (non-hydrogen) atoms. The lowest BCUT2D eigenvalue weighted by Gasteiger charge is -2.06. The summed E-state index contributed by atoms with van der Waals surface area (Å²) in [5.41, 5.74) is 1.73. The maximum absolute atomic E-state index is 12.3. The van der Waals surface area contributed by atoms with Gasteiger partial charge in [-0.15, -0.1) is 11.3 Å². The van der Waals surface area contributed by atoms with Gasteiger partial charge in [0.2, 0.25) is 0 Å². The second kappa shape index (κ2) is 8.63. The first-order chi connectivity index (χ1) is 10.7. The second-order valence-corrected chi connectivity index (χ2v) is 5.98. The number of rotatable bonds is 8. The van der Waals surface area contributed by atoms with E-state index >= 15 is 0 Å². The van der Waals surface area contributed by atoms with Crippen LogP contribution in [-0.4, -0.2) is 44.2 Å². The number of nitrogens with one attached hydrogen (secondary N) is 2. The molecule has 118 valence electrons. The van der Waals surface area contributed by atoms with E-state index in [-0.39, 0.29) is 5.91 Å². The highest BCUT2D eigenvalue weighted by Gasteiger charge is 2.17. The van der Waals surface area contributed by atoms with Crippen molar-refractivity contribution < 1.29 is 9.53 Å². The summed E-state index contributed by atoms with van der Waals surface area (Å²) in [5, 5.41) is 7.01. The van der Waals surface area contributed by atoms with E-state index in [1.54, 1.807) is 7.11 Å². The quantitative estimate of drug-likeness (QED) is 0.731. The largest absolute Gasteiger partial charge is 0.383 e. The van der Waals surface area contributed by atoms with Gasteiger partial charge in [0.05, 0.1) is 17.3 Å². The van der Waals surface area contributed by atoms with E-state index in [9.17, 15) is 4.79 Å². The Labute approximate surface area is 134 Å². The van der Waals surface area contributed by atoms with Gasteiger partial charge in [-0.3, -0.25) is 4.79 Å². The van der Waals surface area contributed by atoms with Crippen molar-refractivity contribution in [3.63, 3.8) is 0 Å². The Balaban J connectivity index is 1.96. The van der Waals surface area contributed by atoms with Crippen LogP contribution in [0.3, 0.4) is 0 Å². The summed E-state index contributed by atoms with van der Waals surface area (Å²) in [6.45, 7) is 4.66. The van der Waals surface area contributed by atoms with Crippen molar-refractivity contribution >= 4 is 17.2 Å². The Hall–Kier alpha value is -1.76. The molecule has 0 bridgehead atoms. The third-order valence-electron chi connectivity index (χ3n) is 3.06. The number of hydrogen-bond donors (Lipinski definition) is 2. The number of methoxy groups -OCH3 is 1. The number of thiazole rings is 1. The fourth-order valence-electron chi connectivity index (χ4n) is 2.02. The van der Waals surface area contributed by atoms with Gasteiger partial charge >= 0.3 is 0 Å². The van der Waals surface area contributed by atoms with Gasteiger partial charge in [-0.25, -0.2) is 4.98 Å². The Kier molecular flexibility index (Phi) is 6.51. The van der Waals surface area contributed by atoms with Gasteiger partial charge in [0.1, 0.15) is 4.88 Å². The van der Waals surface area contributed by atoms with Gasteiger partial charge < -0.3 is 15.4 Å². The van der Waals surface area contributed by atoms with Gasteiger partial charge in [0.15, 0.2) is 0 Å². The predicted octanol–water partition coefficient (Wildman–Crippen LogP) is 2.08. The van der Waals surface area contributed by atoms with Crippen LogP contribution in [-0.2, 0) is 4.74 Å². The third kappa shape index (κ3) is 4.62. The van der Waals surface area contributed by atoms with Crippen molar-refractivity contribution in [1.29, 1.82) is 0 Å². The lowest BCUT2D eigenvalue weighted by molar-refractivity contribution is 0.0958. The summed E-state index contributed by atoms with van der Waals surface area (Å²) in [6.07, 6.45) is 0. The average molecular weight is 319 g/mol. The fourth-order valence-corrected chi connectivity index (χ4v) is 2.87. The number of carbonyl (C=O) groups excluding carboxylic acids is 1. The van der Waals surface area contributed by atoms with E-state index in [2.05, 4.69) is 15.6 Å². The van der Waals surface area contributed by atoms with Crippen LogP contribution in [0.5, 0.6) is 0 Å². The molecule has 0 fully saturated rings. The number of hydrogen-bond acceptors (Lipinski definition) is 5. The predicted molar refractivity (Wildman–Crippen MR) is 89.4 cm³/mol. The molecule has 2 N–H and O–H groups in total. The van der Waals surface area contributed by atoms with Gasteiger partial charge in [-0.2, -0.15) is 0 Å². The minimum atomic E-state index is -0.0713. The number of amides is 1. The summed E-state index contributed by atoms with van der Waals surface area (Å²) in [5.74, 6) is -0.0713. The number of carbonyl (C=O) groups is 1. The van der Waals surface area contributed by atoms with E-state index in [0.29, 0.717) is 24.6 Å². The average Bonchev–Trinajstić information content (AvgIpc) is 2.93. The highest BCUT2D eigenvalue weighted by molar-refractivity contribution is 7.14. The van der Waals surface area contributed by atoms with Gasteiger partial charge in [-0.1, -0.05) is 30.3 Å². The van der Waals surface area contributed by atoms with Crippen molar-refractivity contribution in [2.45, 2.75) is 6.92 Å². The van der Waals surface area contributed by atoms with E-state index in [1.807, 2.05) is 37.3 Å². The molecule has 1 heterocycles.